The van der Waals surface area contributed by atoms with E-state index in [-0.39, 0.29) is 11.5 Å². The van der Waals surface area contributed by atoms with E-state index in [0.717, 1.165) is 5.56 Å². The minimum Gasteiger partial charge on any atom is -0.478 e. The smallest absolute Gasteiger partial charge is 0.335 e. The van der Waals surface area contributed by atoms with Crippen molar-refractivity contribution in [1.82, 2.24) is 0 Å². The van der Waals surface area contributed by atoms with E-state index in [4.69, 9.17) is 16.7 Å². The number of carbonyl (C=O) groups excluding carboxylic acids is 1. The van der Waals surface area contributed by atoms with E-state index >= 15 is 0 Å². The van der Waals surface area contributed by atoms with Gasteiger partial charge in [-0.15, -0.1) is 11.3 Å². The van der Waals surface area contributed by atoms with Gasteiger partial charge in [0.25, 0.3) is 5.91 Å². The Morgan fingerprint density at radius 1 is 1.26 bits per heavy atom. The Bertz CT molecular complexity index is 651. The average Bonchev–Trinajstić information content (AvgIpc) is 2.78. The molecule has 0 aliphatic heterocycles. The summed E-state index contributed by atoms with van der Waals surface area (Å²) in [4.78, 5) is 23.3. The molecule has 2 rings (SSSR count). The van der Waals surface area contributed by atoms with Crippen molar-refractivity contribution in [3.05, 3.63) is 50.7 Å². The lowest BCUT2D eigenvalue weighted by Gasteiger charge is -2.08. The van der Waals surface area contributed by atoms with Crippen molar-refractivity contribution in [2.45, 2.75) is 6.92 Å². The third-order valence-corrected chi connectivity index (χ3v) is 3.76. The molecule has 0 atom stereocenters. The van der Waals surface area contributed by atoms with Crippen LogP contribution in [0.5, 0.6) is 0 Å². The van der Waals surface area contributed by atoms with Gasteiger partial charge in [0.05, 0.1) is 14.8 Å². The molecule has 1 heterocycles. The number of thiophene rings is 1. The summed E-state index contributed by atoms with van der Waals surface area (Å²) in [5.41, 5.74) is 1.40. The van der Waals surface area contributed by atoms with Crippen molar-refractivity contribution in [3.8, 4) is 0 Å². The summed E-state index contributed by atoms with van der Waals surface area (Å²) < 4.78 is 0.529. The molecule has 0 fully saturated rings. The van der Waals surface area contributed by atoms with Gasteiger partial charge in [-0.05, 0) is 36.8 Å². The van der Waals surface area contributed by atoms with Gasteiger partial charge in [0.15, 0.2) is 0 Å². The summed E-state index contributed by atoms with van der Waals surface area (Å²) in [7, 11) is 0. The van der Waals surface area contributed by atoms with Crippen molar-refractivity contribution in [3.63, 3.8) is 0 Å². The fourth-order valence-electron chi connectivity index (χ4n) is 1.51. The highest BCUT2D eigenvalue weighted by atomic mass is 35.5. The lowest BCUT2D eigenvalue weighted by atomic mass is 10.1. The Kier molecular flexibility index (Phi) is 3.87. The highest BCUT2D eigenvalue weighted by Gasteiger charge is 2.12. The number of aryl methyl sites for hydroxylation is 1. The first-order valence-corrected chi connectivity index (χ1v) is 6.57. The van der Waals surface area contributed by atoms with Gasteiger partial charge in [-0.2, -0.15) is 0 Å². The van der Waals surface area contributed by atoms with Crippen LogP contribution in [0.15, 0.2) is 30.3 Å². The van der Waals surface area contributed by atoms with Crippen LogP contribution in [0.2, 0.25) is 4.34 Å². The van der Waals surface area contributed by atoms with E-state index < -0.39 is 5.97 Å². The zero-order chi connectivity index (χ0) is 14.0. The Hall–Kier alpha value is -1.85. The minimum atomic E-state index is -1.03. The number of benzene rings is 1. The lowest BCUT2D eigenvalue weighted by molar-refractivity contribution is 0.0696. The Balaban J connectivity index is 2.25. The second kappa shape index (κ2) is 5.42. The lowest BCUT2D eigenvalue weighted by Crippen LogP contribution is -2.12. The normalized spacial score (nSPS) is 10.2. The summed E-state index contributed by atoms with van der Waals surface area (Å²) in [6.45, 7) is 1.79. The van der Waals surface area contributed by atoms with Gasteiger partial charge in [0.2, 0.25) is 0 Å². The highest BCUT2D eigenvalue weighted by Crippen LogP contribution is 2.23. The second-order valence-corrected chi connectivity index (χ2v) is 5.61. The van der Waals surface area contributed by atoms with Crippen LogP contribution in [-0.4, -0.2) is 17.0 Å². The summed E-state index contributed by atoms with van der Waals surface area (Å²) in [5, 5.41) is 11.6. The molecule has 0 aliphatic carbocycles. The monoisotopic (exact) mass is 295 g/mol. The number of hydrogen-bond donors (Lipinski definition) is 2. The predicted octanol–water partition coefficient (Wildman–Crippen LogP) is 3.66. The van der Waals surface area contributed by atoms with E-state index in [2.05, 4.69) is 5.32 Å². The summed E-state index contributed by atoms with van der Waals surface area (Å²) >= 11 is 6.93. The van der Waals surface area contributed by atoms with Crippen LogP contribution in [0.25, 0.3) is 0 Å². The molecule has 1 aromatic heterocycles. The largest absolute Gasteiger partial charge is 0.478 e. The van der Waals surface area contributed by atoms with E-state index in [1.807, 2.05) is 0 Å². The quantitative estimate of drug-likeness (QED) is 0.908. The van der Waals surface area contributed by atoms with Crippen molar-refractivity contribution in [2.75, 3.05) is 5.32 Å². The third kappa shape index (κ3) is 3.13. The molecule has 0 saturated heterocycles. The van der Waals surface area contributed by atoms with Gasteiger partial charge >= 0.3 is 5.97 Å². The second-order valence-electron chi connectivity index (χ2n) is 3.89. The number of rotatable bonds is 3. The molecule has 4 nitrogen and oxygen atoms in total. The molecule has 0 aliphatic rings. The minimum absolute atomic E-state index is 0.130. The van der Waals surface area contributed by atoms with Crippen molar-refractivity contribution < 1.29 is 14.7 Å². The molecule has 6 heteroatoms. The topological polar surface area (TPSA) is 66.4 Å². The molecule has 19 heavy (non-hydrogen) atoms. The average molecular weight is 296 g/mol. The van der Waals surface area contributed by atoms with Gasteiger partial charge in [0.1, 0.15) is 0 Å². The number of aromatic carboxylic acids is 1. The molecule has 2 N–H and O–H groups in total. The molecule has 2 aromatic rings. The number of halogens is 1. The molecule has 0 spiro atoms. The van der Waals surface area contributed by atoms with Crippen LogP contribution in [0.1, 0.15) is 25.6 Å². The first-order chi connectivity index (χ1) is 8.97. The molecule has 1 amide bonds. The van der Waals surface area contributed by atoms with Crippen molar-refractivity contribution in [2.24, 2.45) is 0 Å². The molecular weight excluding hydrogens is 286 g/mol. The maximum absolute atomic E-state index is 12.0. The van der Waals surface area contributed by atoms with Crippen molar-refractivity contribution >= 4 is 40.5 Å². The predicted molar refractivity (Wildman–Crippen MR) is 75.4 cm³/mol. The Morgan fingerprint density at radius 3 is 2.58 bits per heavy atom. The molecular formula is C13H10ClNO3S. The number of anilines is 1. The first kappa shape index (κ1) is 13.6. The number of amides is 1. The molecule has 1 aromatic carbocycles. The first-order valence-electron chi connectivity index (χ1n) is 5.38. The van der Waals surface area contributed by atoms with Gasteiger partial charge in [-0.3, -0.25) is 4.79 Å². The van der Waals surface area contributed by atoms with Gasteiger partial charge < -0.3 is 10.4 Å². The Morgan fingerprint density at radius 2 is 2.00 bits per heavy atom. The summed E-state index contributed by atoms with van der Waals surface area (Å²) in [6.07, 6.45) is 0. The summed E-state index contributed by atoms with van der Waals surface area (Å²) in [6, 6.07) is 7.85. The zero-order valence-corrected chi connectivity index (χ0v) is 11.5. The van der Waals surface area contributed by atoms with E-state index in [1.165, 1.54) is 23.5 Å². The highest BCUT2D eigenvalue weighted by molar-refractivity contribution is 7.18. The zero-order valence-electron chi connectivity index (χ0n) is 9.94. The van der Waals surface area contributed by atoms with Gasteiger partial charge in [-0.1, -0.05) is 17.7 Å². The number of carbonyl (C=O) groups is 2. The molecule has 98 valence electrons. The fourth-order valence-corrected chi connectivity index (χ4v) is 2.45. The van der Waals surface area contributed by atoms with Crippen LogP contribution >= 0.6 is 22.9 Å². The standard InChI is InChI=1S/C13H10ClNO3S/c1-7-2-3-8(13(17)18)6-9(7)15-12(16)10-4-5-11(14)19-10/h2-6H,1H3,(H,15,16)(H,17,18). The van der Waals surface area contributed by atoms with E-state index in [1.54, 1.807) is 25.1 Å². The van der Waals surface area contributed by atoms with Gasteiger partial charge in [0, 0.05) is 5.69 Å². The molecule has 0 saturated carbocycles. The Labute approximate surface area is 118 Å². The molecule has 0 unspecified atom stereocenters. The number of nitrogens with one attached hydrogen (secondary N) is 1. The number of hydrogen-bond acceptors (Lipinski definition) is 3. The van der Waals surface area contributed by atoms with E-state index in [9.17, 15) is 9.59 Å². The van der Waals surface area contributed by atoms with Crippen LogP contribution in [0, 0.1) is 6.92 Å². The molecule has 0 bridgehead atoms. The SMILES string of the molecule is Cc1ccc(C(=O)O)cc1NC(=O)c1ccc(Cl)s1. The van der Waals surface area contributed by atoms with Gasteiger partial charge in [-0.25, -0.2) is 4.79 Å². The van der Waals surface area contributed by atoms with E-state index in [0.29, 0.717) is 14.9 Å². The molecule has 0 radical (unpaired) electrons. The number of carboxylic acids is 1. The van der Waals surface area contributed by atoms with Crippen LogP contribution in [0.3, 0.4) is 0 Å². The fraction of sp³-hybridized carbons (Fsp3) is 0.0769. The van der Waals surface area contributed by atoms with Crippen LogP contribution < -0.4 is 5.32 Å². The van der Waals surface area contributed by atoms with Crippen LogP contribution in [0.4, 0.5) is 5.69 Å². The maximum Gasteiger partial charge on any atom is 0.335 e. The third-order valence-electron chi connectivity index (χ3n) is 2.53. The number of carboxylic acid groups (broad SMARTS) is 1. The van der Waals surface area contributed by atoms with Crippen LogP contribution in [-0.2, 0) is 0 Å². The maximum atomic E-state index is 12.0. The summed E-state index contributed by atoms with van der Waals surface area (Å²) in [5.74, 6) is -1.34. The van der Waals surface area contributed by atoms with Crippen molar-refractivity contribution in [1.29, 1.82) is 0 Å².